The van der Waals surface area contributed by atoms with Crippen molar-refractivity contribution in [3.8, 4) is 17.0 Å². The highest BCUT2D eigenvalue weighted by Gasteiger charge is 2.20. The third-order valence-electron chi connectivity index (χ3n) is 4.76. The molecule has 1 aliphatic rings. The number of aromatic nitrogens is 1. The number of amides is 1. The molecular formula is C19H25N3O3. The number of nitrogens with two attached hydrogens (primary N) is 1. The Morgan fingerprint density at radius 1 is 1.24 bits per heavy atom. The van der Waals surface area contributed by atoms with Crippen LogP contribution in [0.15, 0.2) is 30.3 Å². The third-order valence-corrected chi connectivity index (χ3v) is 4.76. The molecular weight excluding hydrogens is 318 g/mol. The van der Waals surface area contributed by atoms with Gasteiger partial charge in [-0.2, -0.15) is 0 Å². The molecule has 0 aliphatic carbocycles. The van der Waals surface area contributed by atoms with Gasteiger partial charge in [0.2, 0.25) is 0 Å². The van der Waals surface area contributed by atoms with Crippen LogP contribution in [-0.2, 0) is 11.3 Å². The predicted octanol–water partition coefficient (Wildman–Crippen LogP) is 1.90. The Kier molecular flexibility index (Phi) is 5.40. The minimum absolute atomic E-state index is 0.404. The first-order valence-electron chi connectivity index (χ1n) is 8.55. The summed E-state index contributed by atoms with van der Waals surface area (Å²) in [6.07, 6.45) is 0. The molecule has 1 fully saturated rings. The zero-order valence-corrected chi connectivity index (χ0v) is 14.8. The summed E-state index contributed by atoms with van der Waals surface area (Å²) in [6.45, 7) is 7.05. The Bertz CT molecular complexity index is 748. The van der Waals surface area contributed by atoms with Gasteiger partial charge in [0.1, 0.15) is 5.75 Å². The van der Waals surface area contributed by atoms with Crippen molar-refractivity contribution >= 4 is 5.91 Å². The summed E-state index contributed by atoms with van der Waals surface area (Å²) >= 11 is 0. The largest absolute Gasteiger partial charge is 0.496 e. The Hall–Kier alpha value is -2.31. The molecule has 0 spiro atoms. The average Bonchev–Trinajstić information content (AvgIpc) is 2.97. The van der Waals surface area contributed by atoms with Crippen molar-refractivity contribution in [2.75, 3.05) is 40.0 Å². The molecule has 1 amide bonds. The topological polar surface area (TPSA) is 69.7 Å². The number of benzene rings is 1. The van der Waals surface area contributed by atoms with E-state index in [1.54, 1.807) is 7.11 Å². The van der Waals surface area contributed by atoms with Gasteiger partial charge in [0.05, 0.1) is 31.6 Å². The van der Waals surface area contributed by atoms with Crippen molar-refractivity contribution in [2.24, 2.45) is 5.73 Å². The Morgan fingerprint density at radius 2 is 1.96 bits per heavy atom. The molecule has 134 valence electrons. The van der Waals surface area contributed by atoms with Gasteiger partial charge in [0.25, 0.3) is 5.91 Å². The summed E-state index contributed by atoms with van der Waals surface area (Å²) in [6, 6.07) is 9.70. The van der Waals surface area contributed by atoms with Gasteiger partial charge in [0.15, 0.2) is 0 Å². The molecule has 0 radical (unpaired) electrons. The van der Waals surface area contributed by atoms with Gasteiger partial charge < -0.3 is 19.8 Å². The Balaban J connectivity index is 1.95. The molecule has 25 heavy (non-hydrogen) atoms. The number of morpholine rings is 1. The quantitative estimate of drug-likeness (QED) is 0.870. The highest BCUT2D eigenvalue weighted by atomic mass is 16.5. The number of carbonyl (C=O) groups is 1. The van der Waals surface area contributed by atoms with Crippen LogP contribution >= 0.6 is 0 Å². The van der Waals surface area contributed by atoms with Gasteiger partial charge >= 0.3 is 0 Å². The van der Waals surface area contributed by atoms with E-state index in [4.69, 9.17) is 15.2 Å². The van der Waals surface area contributed by atoms with Crippen LogP contribution in [0.25, 0.3) is 11.3 Å². The average molecular weight is 343 g/mol. The van der Waals surface area contributed by atoms with E-state index in [1.807, 2.05) is 37.3 Å². The van der Waals surface area contributed by atoms with Gasteiger partial charge in [-0.1, -0.05) is 12.1 Å². The van der Waals surface area contributed by atoms with Gasteiger partial charge in [-0.15, -0.1) is 0 Å². The van der Waals surface area contributed by atoms with Crippen LogP contribution in [-0.4, -0.2) is 55.3 Å². The lowest BCUT2D eigenvalue weighted by atomic mass is 10.1. The lowest BCUT2D eigenvalue weighted by Gasteiger charge is -2.27. The summed E-state index contributed by atoms with van der Waals surface area (Å²) in [5.41, 5.74) is 8.94. The zero-order valence-electron chi connectivity index (χ0n) is 14.8. The number of ether oxygens (including phenoxy) is 2. The van der Waals surface area contributed by atoms with Crippen molar-refractivity contribution in [1.82, 2.24) is 9.47 Å². The van der Waals surface area contributed by atoms with Gasteiger partial charge in [-0.05, 0) is 25.1 Å². The van der Waals surface area contributed by atoms with Crippen LogP contribution in [0.4, 0.5) is 0 Å². The fourth-order valence-electron chi connectivity index (χ4n) is 3.33. The van der Waals surface area contributed by atoms with Crippen molar-refractivity contribution in [1.29, 1.82) is 0 Å². The van der Waals surface area contributed by atoms with Crippen LogP contribution in [0.5, 0.6) is 5.75 Å². The molecule has 0 bridgehead atoms. The molecule has 2 heterocycles. The van der Waals surface area contributed by atoms with Gasteiger partial charge in [-0.3, -0.25) is 9.69 Å². The van der Waals surface area contributed by atoms with Gasteiger partial charge in [-0.25, -0.2) is 0 Å². The fourth-order valence-corrected chi connectivity index (χ4v) is 3.33. The minimum Gasteiger partial charge on any atom is -0.496 e. The molecule has 6 heteroatoms. The summed E-state index contributed by atoms with van der Waals surface area (Å²) in [5, 5.41) is 0. The SMILES string of the molecule is COc1ccccc1-c1cc(C(N)=O)c(C)n1CCN1CCOCC1. The highest BCUT2D eigenvalue weighted by Crippen LogP contribution is 2.32. The molecule has 1 aromatic carbocycles. The van der Waals surface area contributed by atoms with Crippen molar-refractivity contribution < 1.29 is 14.3 Å². The maximum absolute atomic E-state index is 11.8. The van der Waals surface area contributed by atoms with E-state index in [0.29, 0.717) is 5.56 Å². The summed E-state index contributed by atoms with van der Waals surface area (Å²) in [5.74, 6) is 0.377. The first-order chi connectivity index (χ1) is 12.1. The molecule has 0 unspecified atom stereocenters. The zero-order chi connectivity index (χ0) is 17.8. The van der Waals surface area contributed by atoms with Crippen LogP contribution in [0, 0.1) is 6.92 Å². The number of methoxy groups -OCH3 is 1. The molecule has 0 atom stereocenters. The molecule has 2 N–H and O–H groups in total. The van der Waals surface area contributed by atoms with Crippen LogP contribution in [0.1, 0.15) is 16.1 Å². The van der Waals surface area contributed by atoms with E-state index < -0.39 is 5.91 Å². The number of para-hydroxylation sites is 1. The molecule has 0 saturated carbocycles. The molecule has 2 aromatic rings. The number of rotatable bonds is 6. The maximum atomic E-state index is 11.8. The van der Waals surface area contributed by atoms with E-state index in [0.717, 1.165) is 62.1 Å². The summed E-state index contributed by atoms with van der Waals surface area (Å²) in [4.78, 5) is 14.2. The molecule has 1 aromatic heterocycles. The summed E-state index contributed by atoms with van der Waals surface area (Å²) < 4.78 is 13.1. The molecule has 3 rings (SSSR count). The fraction of sp³-hybridized carbons (Fsp3) is 0.421. The standard InChI is InChI=1S/C19H25N3O3/c1-14-16(19(20)23)13-17(15-5-3-4-6-18(15)24-2)22(14)8-7-21-9-11-25-12-10-21/h3-6,13H,7-12H2,1-2H3,(H2,20,23). The molecule has 1 aliphatic heterocycles. The first-order valence-corrected chi connectivity index (χ1v) is 8.55. The number of carbonyl (C=O) groups excluding carboxylic acids is 1. The summed E-state index contributed by atoms with van der Waals surface area (Å²) in [7, 11) is 1.65. The van der Waals surface area contributed by atoms with E-state index in [1.165, 1.54) is 0 Å². The monoisotopic (exact) mass is 343 g/mol. The number of nitrogens with zero attached hydrogens (tertiary/aromatic N) is 2. The normalized spacial score (nSPS) is 15.3. The number of hydrogen-bond donors (Lipinski definition) is 1. The maximum Gasteiger partial charge on any atom is 0.250 e. The van der Waals surface area contributed by atoms with E-state index in [9.17, 15) is 4.79 Å². The second kappa shape index (κ2) is 7.72. The van der Waals surface area contributed by atoms with E-state index in [2.05, 4.69) is 9.47 Å². The van der Waals surface area contributed by atoms with Crippen LogP contribution in [0.2, 0.25) is 0 Å². The van der Waals surface area contributed by atoms with E-state index >= 15 is 0 Å². The van der Waals surface area contributed by atoms with Crippen LogP contribution in [0.3, 0.4) is 0 Å². The van der Waals surface area contributed by atoms with Crippen molar-refractivity contribution in [2.45, 2.75) is 13.5 Å². The lowest BCUT2D eigenvalue weighted by Crippen LogP contribution is -2.38. The van der Waals surface area contributed by atoms with E-state index in [-0.39, 0.29) is 0 Å². The third kappa shape index (κ3) is 3.70. The van der Waals surface area contributed by atoms with Crippen LogP contribution < -0.4 is 10.5 Å². The molecule has 6 nitrogen and oxygen atoms in total. The molecule has 1 saturated heterocycles. The lowest BCUT2D eigenvalue weighted by molar-refractivity contribution is 0.0364. The van der Waals surface area contributed by atoms with Crippen molar-refractivity contribution in [3.05, 3.63) is 41.6 Å². The second-order valence-electron chi connectivity index (χ2n) is 6.20. The first kappa shape index (κ1) is 17.5. The smallest absolute Gasteiger partial charge is 0.250 e. The van der Waals surface area contributed by atoms with Crippen molar-refractivity contribution in [3.63, 3.8) is 0 Å². The predicted molar refractivity (Wildman–Crippen MR) is 96.9 cm³/mol. The van der Waals surface area contributed by atoms with Gasteiger partial charge in [0, 0.05) is 37.4 Å². The Morgan fingerprint density at radius 3 is 2.64 bits per heavy atom. The Labute approximate surface area is 148 Å². The highest BCUT2D eigenvalue weighted by molar-refractivity contribution is 5.96. The number of primary amides is 1. The minimum atomic E-state index is -0.404. The number of hydrogen-bond acceptors (Lipinski definition) is 4. The second-order valence-corrected chi connectivity index (χ2v) is 6.20.